The van der Waals surface area contributed by atoms with Gasteiger partial charge in [0.15, 0.2) is 6.61 Å². The van der Waals surface area contributed by atoms with Crippen LogP contribution in [0.2, 0.25) is 0 Å². The van der Waals surface area contributed by atoms with Crippen molar-refractivity contribution in [2.24, 2.45) is 5.73 Å². The van der Waals surface area contributed by atoms with Crippen LogP contribution in [-0.4, -0.2) is 18.4 Å². The van der Waals surface area contributed by atoms with E-state index in [1.807, 2.05) is 18.2 Å². The number of ether oxygens (including phenoxy) is 1. The molecular weight excluding hydrogens is 354 g/mol. The van der Waals surface area contributed by atoms with Crippen LogP contribution in [0.5, 0.6) is 5.75 Å². The minimum atomic E-state index is -0.589. The molecule has 5 N–H and O–H groups in total. The first kappa shape index (κ1) is 19.6. The Labute approximate surface area is 158 Å². The van der Waals surface area contributed by atoms with Crippen molar-refractivity contribution in [3.8, 4) is 5.75 Å². The van der Waals surface area contributed by atoms with E-state index in [4.69, 9.17) is 16.2 Å². The van der Waals surface area contributed by atoms with Gasteiger partial charge in [0.1, 0.15) is 5.75 Å². The van der Waals surface area contributed by atoms with Crippen LogP contribution in [0.1, 0.15) is 40.4 Å². The van der Waals surface area contributed by atoms with Gasteiger partial charge in [0, 0.05) is 5.69 Å². The van der Waals surface area contributed by atoms with Crippen LogP contribution in [0, 0.1) is 0 Å². The monoisotopic (exact) mass is 375 g/mol. The molecule has 26 heavy (non-hydrogen) atoms. The largest absolute Gasteiger partial charge is 0.483 e. The Morgan fingerprint density at radius 1 is 1.19 bits per heavy atom. The predicted molar refractivity (Wildman–Crippen MR) is 102 cm³/mol. The molecule has 138 valence electrons. The number of primary amides is 1. The molecule has 0 fully saturated rings. The topological polar surface area (TPSA) is 107 Å². The fraction of sp³-hybridized carbons (Fsp3) is 0.263. The number of anilines is 1. The van der Waals surface area contributed by atoms with Gasteiger partial charge in [0.2, 0.25) is 0 Å². The highest BCUT2D eigenvalue weighted by Crippen LogP contribution is 2.31. The van der Waals surface area contributed by atoms with E-state index in [0.717, 1.165) is 30.5 Å². The lowest BCUT2D eigenvalue weighted by Gasteiger charge is -2.27. The van der Waals surface area contributed by atoms with Gasteiger partial charge in [0.25, 0.3) is 11.8 Å². The zero-order valence-electron chi connectivity index (χ0n) is 14.2. The second kappa shape index (κ2) is 8.58. The summed E-state index contributed by atoms with van der Waals surface area (Å²) in [6, 6.07) is 12.5. The first-order valence-corrected chi connectivity index (χ1v) is 8.24. The second-order valence-electron chi connectivity index (χ2n) is 6.13. The Morgan fingerprint density at radius 2 is 1.96 bits per heavy atom. The Hall–Kier alpha value is -2.73. The van der Waals surface area contributed by atoms with Gasteiger partial charge >= 0.3 is 0 Å². The Bertz CT molecular complexity index is 810. The van der Waals surface area contributed by atoms with Crippen molar-refractivity contribution in [2.75, 3.05) is 12.3 Å². The zero-order chi connectivity index (χ0) is 17.8. The number of amides is 2. The van der Waals surface area contributed by atoms with E-state index in [2.05, 4.69) is 5.32 Å². The van der Waals surface area contributed by atoms with Gasteiger partial charge in [0.05, 0.1) is 11.6 Å². The van der Waals surface area contributed by atoms with Crippen LogP contribution in [0.15, 0.2) is 42.5 Å². The van der Waals surface area contributed by atoms with Gasteiger partial charge in [-0.05, 0) is 54.7 Å². The summed E-state index contributed by atoms with van der Waals surface area (Å²) in [4.78, 5) is 23.6. The number of rotatable bonds is 5. The maximum atomic E-state index is 12.7. The fourth-order valence-corrected chi connectivity index (χ4v) is 3.15. The Morgan fingerprint density at radius 3 is 2.73 bits per heavy atom. The van der Waals surface area contributed by atoms with E-state index in [1.54, 1.807) is 24.3 Å². The van der Waals surface area contributed by atoms with E-state index in [1.165, 1.54) is 5.56 Å². The standard InChI is InChI=1S/C19H21N3O3.ClH/c20-13-8-9-14-12(10-13)4-3-6-16(14)22-19(24)15-5-1-2-7-17(15)25-11-18(21)23;/h1-2,5,7-10,16H,3-4,6,11,20H2,(H2,21,23)(H,22,24);1H. The molecule has 2 aromatic rings. The van der Waals surface area contributed by atoms with E-state index >= 15 is 0 Å². The second-order valence-corrected chi connectivity index (χ2v) is 6.13. The number of benzene rings is 2. The highest BCUT2D eigenvalue weighted by atomic mass is 35.5. The van der Waals surface area contributed by atoms with Gasteiger partial charge in [-0.25, -0.2) is 0 Å². The van der Waals surface area contributed by atoms with Crippen molar-refractivity contribution in [1.29, 1.82) is 0 Å². The van der Waals surface area contributed by atoms with Crippen molar-refractivity contribution >= 4 is 29.9 Å². The third-order valence-electron chi connectivity index (χ3n) is 4.29. The molecular formula is C19H22ClN3O3. The van der Waals surface area contributed by atoms with Gasteiger partial charge in [-0.3, -0.25) is 9.59 Å². The molecule has 1 aliphatic carbocycles. The summed E-state index contributed by atoms with van der Waals surface area (Å²) < 4.78 is 5.34. The smallest absolute Gasteiger partial charge is 0.255 e. The van der Waals surface area contributed by atoms with Gasteiger partial charge < -0.3 is 21.5 Å². The SMILES string of the molecule is Cl.NC(=O)COc1ccccc1C(=O)NC1CCCc2cc(N)ccc21. The molecule has 0 saturated carbocycles. The van der Waals surface area contributed by atoms with Crippen LogP contribution in [0.3, 0.4) is 0 Å². The Kier molecular flexibility index (Phi) is 6.46. The van der Waals surface area contributed by atoms with E-state index in [0.29, 0.717) is 11.3 Å². The first-order valence-electron chi connectivity index (χ1n) is 8.24. The molecule has 0 aromatic heterocycles. The molecule has 1 aliphatic rings. The minimum Gasteiger partial charge on any atom is -0.483 e. The van der Waals surface area contributed by atoms with Crippen molar-refractivity contribution < 1.29 is 14.3 Å². The molecule has 6 nitrogen and oxygen atoms in total. The normalized spacial score (nSPS) is 15.3. The molecule has 0 saturated heterocycles. The van der Waals surface area contributed by atoms with Crippen LogP contribution in [0.25, 0.3) is 0 Å². The number of halogens is 1. The van der Waals surface area contributed by atoms with Crippen molar-refractivity contribution in [3.05, 3.63) is 59.2 Å². The maximum absolute atomic E-state index is 12.7. The summed E-state index contributed by atoms with van der Waals surface area (Å²) in [6.45, 7) is -0.268. The molecule has 0 spiro atoms. The van der Waals surface area contributed by atoms with Crippen molar-refractivity contribution in [1.82, 2.24) is 5.32 Å². The molecule has 7 heteroatoms. The van der Waals surface area contributed by atoms with Crippen molar-refractivity contribution in [3.63, 3.8) is 0 Å². The van der Waals surface area contributed by atoms with Gasteiger partial charge in [-0.2, -0.15) is 0 Å². The molecule has 0 radical (unpaired) electrons. The molecule has 0 bridgehead atoms. The summed E-state index contributed by atoms with van der Waals surface area (Å²) in [5, 5.41) is 3.06. The number of para-hydroxylation sites is 1. The summed E-state index contributed by atoms with van der Waals surface area (Å²) in [5.41, 5.74) is 14.4. The third kappa shape index (κ3) is 4.46. The number of carbonyl (C=O) groups excluding carboxylic acids is 2. The summed E-state index contributed by atoms with van der Waals surface area (Å²) in [7, 11) is 0. The molecule has 2 aromatic carbocycles. The van der Waals surface area contributed by atoms with E-state index < -0.39 is 5.91 Å². The lowest BCUT2D eigenvalue weighted by atomic mass is 9.87. The number of carbonyl (C=O) groups is 2. The summed E-state index contributed by atoms with van der Waals surface area (Å²) >= 11 is 0. The van der Waals surface area contributed by atoms with Crippen LogP contribution in [0.4, 0.5) is 5.69 Å². The third-order valence-corrected chi connectivity index (χ3v) is 4.29. The van der Waals surface area contributed by atoms with Gasteiger partial charge in [-0.15, -0.1) is 12.4 Å². The van der Waals surface area contributed by atoms with Crippen LogP contribution >= 0.6 is 12.4 Å². The number of hydrogen-bond acceptors (Lipinski definition) is 4. The quantitative estimate of drug-likeness (QED) is 0.697. The first-order chi connectivity index (χ1) is 12.0. The minimum absolute atomic E-state index is 0. The zero-order valence-corrected chi connectivity index (χ0v) is 15.1. The number of nitrogens with two attached hydrogens (primary N) is 2. The average molecular weight is 376 g/mol. The predicted octanol–water partition coefficient (Wildman–Crippen LogP) is 2.36. The fourth-order valence-electron chi connectivity index (χ4n) is 3.15. The maximum Gasteiger partial charge on any atom is 0.255 e. The summed E-state index contributed by atoms with van der Waals surface area (Å²) in [6.07, 6.45) is 2.82. The van der Waals surface area contributed by atoms with Crippen LogP contribution in [-0.2, 0) is 11.2 Å². The van der Waals surface area contributed by atoms with E-state index in [-0.39, 0.29) is 31.0 Å². The number of fused-ring (bicyclic) bond motifs is 1. The number of hydrogen-bond donors (Lipinski definition) is 3. The van der Waals surface area contributed by atoms with Crippen molar-refractivity contribution in [2.45, 2.75) is 25.3 Å². The molecule has 0 heterocycles. The van der Waals surface area contributed by atoms with Gasteiger partial charge in [-0.1, -0.05) is 18.2 Å². The molecule has 1 unspecified atom stereocenters. The van der Waals surface area contributed by atoms with E-state index in [9.17, 15) is 9.59 Å². The summed E-state index contributed by atoms with van der Waals surface area (Å²) in [5.74, 6) is -0.490. The number of nitrogens with one attached hydrogen (secondary N) is 1. The lowest BCUT2D eigenvalue weighted by molar-refractivity contribution is -0.119. The Balaban J connectivity index is 0.00000243. The molecule has 1 atom stereocenters. The van der Waals surface area contributed by atoms with Crippen LogP contribution < -0.4 is 21.5 Å². The number of nitrogen functional groups attached to an aromatic ring is 1. The number of aryl methyl sites for hydroxylation is 1. The highest BCUT2D eigenvalue weighted by molar-refractivity contribution is 5.97. The highest BCUT2D eigenvalue weighted by Gasteiger charge is 2.23. The molecule has 2 amide bonds. The molecule has 3 rings (SSSR count). The molecule has 0 aliphatic heterocycles. The lowest BCUT2D eigenvalue weighted by Crippen LogP contribution is -2.31. The average Bonchev–Trinajstić information content (AvgIpc) is 2.60.